The van der Waals surface area contributed by atoms with Gasteiger partial charge in [-0.1, -0.05) is 29.8 Å². The Hall–Kier alpha value is -1.41. The van der Waals surface area contributed by atoms with Gasteiger partial charge in [-0.15, -0.1) is 11.8 Å². The first-order valence-electron chi connectivity index (χ1n) is 5.72. The normalized spacial score (nSPS) is 22.4. The number of hydrogen-bond acceptors (Lipinski definition) is 3. The van der Waals surface area contributed by atoms with Gasteiger partial charge >= 0.3 is 18.1 Å². The fraction of sp³-hybridized carbons (Fsp3) is 0.333. The van der Waals surface area contributed by atoms with E-state index in [1.54, 1.807) is 12.1 Å². The Balaban J connectivity index is 2.44. The molecule has 21 heavy (non-hydrogen) atoms. The molecule has 1 heterocycles. The van der Waals surface area contributed by atoms with Gasteiger partial charge in [-0.25, -0.2) is 4.79 Å². The second-order valence-corrected chi connectivity index (χ2v) is 5.79. The number of thioether (sulfide) groups is 1. The molecular weight excluding hydrogens is 331 g/mol. The lowest BCUT2D eigenvalue weighted by Crippen LogP contribution is -2.48. The number of benzene rings is 1. The highest BCUT2D eigenvalue weighted by atomic mass is 35.5. The summed E-state index contributed by atoms with van der Waals surface area (Å²) in [6, 6.07) is 4.57. The van der Waals surface area contributed by atoms with Gasteiger partial charge in [0.15, 0.2) is 0 Å². The van der Waals surface area contributed by atoms with Crippen LogP contribution < -0.4 is 0 Å². The van der Waals surface area contributed by atoms with E-state index in [1.165, 1.54) is 12.1 Å². The molecule has 1 aromatic carbocycles. The van der Waals surface area contributed by atoms with Gasteiger partial charge in [-0.2, -0.15) is 13.2 Å². The maximum absolute atomic E-state index is 12.7. The van der Waals surface area contributed by atoms with Gasteiger partial charge in [0.25, 0.3) is 0 Å². The number of carboxylic acids is 1. The number of aliphatic carboxylic acids is 1. The first-order chi connectivity index (χ1) is 9.73. The zero-order valence-corrected chi connectivity index (χ0v) is 11.9. The zero-order valence-electron chi connectivity index (χ0n) is 10.3. The summed E-state index contributed by atoms with van der Waals surface area (Å²) in [5, 5.41) is 8.13. The minimum atomic E-state index is -5.14. The maximum atomic E-state index is 12.7. The summed E-state index contributed by atoms with van der Waals surface area (Å²) in [5.74, 6) is -3.79. The third kappa shape index (κ3) is 3.11. The van der Waals surface area contributed by atoms with Crippen molar-refractivity contribution in [3.05, 3.63) is 34.9 Å². The number of rotatable bonds is 2. The van der Waals surface area contributed by atoms with Crippen LogP contribution in [0.2, 0.25) is 5.02 Å². The Morgan fingerprint density at radius 3 is 2.48 bits per heavy atom. The molecule has 0 spiro atoms. The summed E-state index contributed by atoms with van der Waals surface area (Å²) in [6.45, 7) is 0. The van der Waals surface area contributed by atoms with Crippen molar-refractivity contribution >= 4 is 35.2 Å². The quantitative estimate of drug-likeness (QED) is 0.900. The van der Waals surface area contributed by atoms with Gasteiger partial charge in [-0.3, -0.25) is 4.79 Å². The Bertz CT molecular complexity index is 581. The Labute approximate surface area is 126 Å². The van der Waals surface area contributed by atoms with E-state index in [1.807, 2.05) is 0 Å². The van der Waals surface area contributed by atoms with Crippen molar-refractivity contribution in [2.75, 3.05) is 5.75 Å². The van der Waals surface area contributed by atoms with Crippen LogP contribution in [-0.4, -0.2) is 39.9 Å². The minimum Gasteiger partial charge on any atom is -0.480 e. The Kier molecular flexibility index (Phi) is 4.38. The second-order valence-electron chi connectivity index (χ2n) is 4.27. The van der Waals surface area contributed by atoms with Crippen molar-refractivity contribution in [2.24, 2.45) is 0 Å². The van der Waals surface area contributed by atoms with Crippen LogP contribution in [0.25, 0.3) is 0 Å². The van der Waals surface area contributed by atoms with Crippen LogP contribution in [0.1, 0.15) is 10.9 Å². The molecule has 1 aliphatic rings. The van der Waals surface area contributed by atoms with E-state index in [2.05, 4.69) is 0 Å². The molecule has 0 bridgehead atoms. The molecule has 2 rings (SSSR count). The smallest absolute Gasteiger partial charge is 0.471 e. The van der Waals surface area contributed by atoms with Crippen molar-refractivity contribution < 1.29 is 27.9 Å². The highest BCUT2D eigenvalue weighted by Crippen LogP contribution is 2.45. The van der Waals surface area contributed by atoms with Gasteiger partial charge in [0.05, 0.1) is 0 Å². The monoisotopic (exact) mass is 339 g/mol. The third-order valence-electron chi connectivity index (χ3n) is 2.93. The first kappa shape index (κ1) is 16.0. The molecule has 4 nitrogen and oxygen atoms in total. The fourth-order valence-corrected chi connectivity index (χ4v) is 3.77. The highest BCUT2D eigenvalue weighted by Gasteiger charge is 2.52. The van der Waals surface area contributed by atoms with Crippen LogP contribution in [0.15, 0.2) is 24.3 Å². The van der Waals surface area contributed by atoms with Crippen molar-refractivity contribution in [2.45, 2.75) is 17.6 Å². The number of amides is 1. The SMILES string of the molecule is O=C(O)[C@@H]1CSC(c2ccccc2Cl)N1C(=O)C(F)(F)F. The van der Waals surface area contributed by atoms with Gasteiger partial charge in [0.1, 0.15) is 11.4 Å². The summed E-state index contributed by atoms with van der Waals surface area (Å²) in [6.07, 6.45) is -5.14. The Morgan fingerprint density at radius 1 is 1.33 bits per heavy atom. The van der Waals surface area contributed by atoms with Crippen LogP contribution in [0.5, 0.6) is 0 Å². The first-order valence-corrected chi connectivity index (χ1v) is 7.14. The molecule has 1 aliphatic heterocycles. The number of halogens is 4. The average Bonchev–Trinajstić information content (AvgIpc) is 2.81. The molecule has 0 saturated carbocycles. The van der Waals surface area contributed by atoms with Gasteiger partial charge in [0.2, 0.25) is 0 Å². The van der Waals surface area contributed by atoms with Crippen molar-refractivity contribution in [3.63, 3.8) is 0 Å². The van der Waals surface area contributed by atoms with Crippen LogP contribution in [0.3, 0.4) is 0 Å². The summed E-state index contributed by atoms with van der Waals surface area (Å²) >= 11 is 6.87. The van der Waals surface area contributed by atoms with E-state index in [-0.39, 0.29) is 16.3 Å². The number of carboxylic acid groups (broad SMARTS) is 1. The predicted molar refractivity (Wildman–Crippen MR) is 71.0 cm³/mol. The molecule has 1 saturated heterocycles. The summed E-state index contributed by atoms with van der Waals surface area (Å²) in [7, 11) is 0. The second kappa shape index (κ2) is 5.76. The lowest BCUT2D eigenvalue weighted by Gasteiger charge is -2.28. The van der Waals surface area contributed by atoms with Crippen molar-refractivity contribution in [1.82, 2.24) is 4.90 Å². The number of carbonyl (C=O) groups excluding carboxylic acids is 1. The highest BCUT2D eigenvalue weighted by molar-refractivity contribution is 7.99. The molecule has 1 unspecified atom stereocenters. The third-order valence-corrected chi connectivity index (χ3v) is 4.58. The molecule has 9 heteroatoms. The molecule has 1 aromatic rings. The lowest BCUT2D eigenvalue weighted by atomic mass is 10.1. The van der Waals surface area contributed by atoms with Crippen molar-refractivity contribution in [3.8, 4) is 0 Å². The minimum absolute atomic E-state index is 0.132. The number of alkyl halides is 3. The zero-order chi connectivity index (χ0) is 15.8. The molecule has 0 aliphatic carbocycles. The van der Waals surface area contributed by atoms with E-state index >= 15 is 0 Å². The predicted octanol–water partition coefficient (Wildman–Crippen LogP) is 2.93. The van der Waals surface area contributed by atoms with Crippen LogP contribution in [0.4, 0.5) is 13.2 Å². The molecular formula is C12H9ClF3NO3S. The summed E-state index contributed by atoms with van der Waals surface area (Å²) in [5.41, 5.74) is 0.283. The maximum Gasteiger partial charge on any atom is 0.471 e. The Morgan fingerprint density at radius 2 is 1.95 bits per heavy atom. The van der Waals surface area contributed by atoms with E-state index in [0.29, 0.717) is 4.90 Å². The molecule has 1 amide bonds. The topological polar surface area (TPSA) is 57.6 Å². The molecule has 0 aromatic heterocycles. The molecule has 1 fully saturated rings. The van der Waals surface area contributed by atoms with Crippen LogP contribution in [0, 0.1) is 0 Å². The van der Waals surface area contributed by atoms with Crippen molar-refractivity contribution in [1.29, 1.82) is 0 Å². The molecule has 0 radical (unpaired) electrons. The van der Waals surface area contributed by atoms with E-state index in [0.717, 1.165) is 11.8 Å². The van der Waals surface area contributed by atoms with E-state index in [9.17, 15) is 22.8 Å². The van der Waals surface area contributed by atoms with Crippen LogP contribution >= 0.6 is 23.4 Å². The fourth-order valence-electron chi connectivity index (χ4n) is 2.01. The van der Waals surface area contributed by atoms with E-state index < -0.39 is 29.5 Å². The average molecular weight is 340 g/mol. The number of nitrogens with zero attached hydrogens (tertiary/aromatic N) is 1. The lowest BCUT2D eigenvalue weighted by molar-refractivity contribution is -0.189. The molecule has 1 N–H and O–H groups in total. The molecule has 2 atom stereocenters. The van der Waals surface area contributed by atoms with Gasteiger partial charge < -0.3 is 10.0 Å². The summed E-state index contributed by atoms with van der Waals surface area (Å²) in [4.78, 5) is 23.0. The number of hydrogen-bond donors (Lipinski definition) is 1. The van der Waals surface area contributed by atoms with Gasteiger partial charge in [0, 0.05) is 16.3 Å². The largest absolute Gasteiger partial charge is 0.480 e. The van der Waals surface area contributed by atoms with E-state index in [4.69, 9.17) is 16.7 Å². The molecule has 114 valence electrons. The van der Waals surface area contributed by atoms with Gasteiger partial charge in [-0.05, 0) is 6.07 Å². The standard InChI is InChI=1S/C12H9ClF3NO3S/c13-7-4-2-1-3-6(7)9-17(11(20)12(14,15)16)8(5-21-9)10(18)19/h1-4,8-9H,5H2,(H,18,19)/t8-,9?/m0/s1. The number of carbonyl (C=O) groups is 2. The summed E-state index contributed by atoms with van der Waals surface area (Å²) < 4.78 is 38.1. The van der Waals surface area contributed by atoms with Crippen LogP contribution in [-0.2, 0) is 9.59 Å².